The molecule has 172 valence electrons. The van der Waals surface area contributed by atoms with E-state index in [1.807, 2.05) is 49.4 Å². The molecule has 1 saturated carbocycles. The first kappa shape index (κ1) is 24.6. The summed E-state index contributed by atoms with van der Waals surface area (Å²) >= 11 is 10.5. The zero-order chi connectivity index (χ0) is 23.0. The Bertz CT molecular complexity index is 884. The number of amides is 2. The smallest absolute Gasteiger partial charge is 0.247 e. The summed E-state index contributed by atoms with van der Waals surface area (Å²) in [5, 5.41) is 6.58. The number of nitrogens with one attached hydrogen (secondary N) is 2. The molecule has 1 aliphatic carbocycles. The first-order chi connectivity index (χ1) is 15.5. The average molecular weight is 475 g/mol. The number of para-hydroxylation sites is 1. The Hall–Kier alpha value is -2.02. The maximum Gasteiger partial charge on any atom is 0.247 e. The van der Waals surface area contributed by atoms with Gasteiger partial charge in [-0.05, 0) is 62.4 Å². The Morgan fingerprint density at radius 1 is 1.12 bits per heavy atom. The number of carbonyl (C=O) groups is 2. The topological polar surface area (TPSA) is 67.4 Å². The van der Waals surface area contributed by atoms with Crippen molar-refractivity contribution in [2.24, 2.45) is 5.41 Å². The van der Waals surface area contributed by atoms with E-state index in [1.54, 1.807) is 12.1 Å². The predicted octanol–water partition coefficient (Wildman–Crippen LogP) is 4.90. The molecule has 0 radical (unpaired) electrons. The van der Waals surface area contributed by atoms with Gasteiger partial charge in [-0.15, -0.1) is 0 Å². The molecule has 1 aliphatic rings. The molecule has 2 aromatic rings. The number of ether oxygens (including phenoxy) is 1. The van der Waals surface area contributed by atoms with E-state index in [1.165, 1.54) is 0 Å². The Balaban J connectivity index is 1.75. The van der Waals surface area contributed by atoms with Crippen molar-refractivity contribution in [2.75, 3.05) is 17.7 Å². The highest BCUT2D eigenvalue weighted by molar-refractivity contribution is 7.80. The molecule has 0 bridgehead atoms. The Morgan fingerprint density at radius 2 is 1.78 bits per heavy atom. The molecule has 0 unspecified atom stereocenters. The van der Waals surface area contributed by atoms with E-state index < -0.39 is 11.5 Å². The summed E-state index contributed by atoms with van der Waals surface area (Å²) < 4.78 is 5.74. The number of rotatable bonds is 9. The maximum atomic E-state index is 13.4. The van der Waals surface area contributed by atoms with E-state index in [0.29, 0.717) is 42.3 Å². The molecule has 5 nitrogen and oxygen atoms in total. The minimum absolute atomic E-state index is 0.121. The van der Waals surface area contributed by atoms with Crippen LogP contribution in [0, 0.1) is 5.41 Å². The van der Waals surface area contributed by atoms with Crippen molar-refractivity contribution in [3.05, 3.63) is 65.2 Å². The molecular weight excluding hydrogens is 444 g/mol. The van der Waals surface area contributed by atoms with Gasteiger partial charge in [-0.3, -0.25) is 9.59 Å². The summed E-state index contributed by atoms with van der Waals surface area (Å²) in [6, 6.07) is 15.8. The molecule has 7 heteroatoms. The van der Waals surface area contributed by atoms with Crippen molar-refractivity contribution in [3.8, 4) is 0 Å². The third kappa shape index (κ3) is 6.50. The van der Waals surface area contributed by atoms with Crippen LogP contribution >= 0.6 is 24.2 Å². The molecule has 0 saturated heterocycles. The normalized spacial score (nSPS) is 21.5. The van der Waals surface area contributed by atoms with Crippen LogP contribution in [0.15, 0.2) is 54.6 Å². The van der Waals surface area contributed by atoms with Crippen LogP contribution in [0.3, 0.4) is 0 Å². The molecule has 0 aliphatic heterocycles. The monoisotopic (exact) mass is 474 g/mol. The molecular formula is C25H31ClN2O3S. The quantitative estimate of drug-likeness (QED) is 0.453. The van der Waals surface area contributed by atoms with Gasteiger partial charge < -0.3 is 15.4 Å². The lowest BCUT2D eigenvalue weighted by molar-refractivity contribution is -0.136. The van der Waals surface area contributed by atoms with E-state index in [2.05, 4.69) is 23.3 Å². The van der Waals surface area contributed by atoms with Gasteiger partial charge in [0, 0.05) is 29.5 Å². The second-order valence-corrected chi connectivity index (χ2v) is 9.06. The highest BCUT2D eigenvalue weighted by Gasteiger charge is 2.42. The molecule has 0 heterocycles. The number of hydrogen-bond acceptors (Lipinski definition) is 4. The van der Waals surface area contributed by atoms with E-state index in [-0.39, 0.29) is 17.9 Å². The summed E-state index contributed by atoms with van der Waals surface area (Å²) in [6.07, 6.45) is 3.58. The van der Waals surface area contributed by atoms with Gasteiger partial charge in [0.15, 0.2) is 0 Å². The molecule has 3 rings (SSSR count). The van der Waals surface area contributed by atoms with Gasteiger partial charge in [-0.25, -0.2) is 0 Å². The molecule has 2 aromatic carbocycles. The zero-order valence-corrected chi connectivity index (χ0v) is 20.0. The summed E-state index contributed by atoms with van der Waals surface area (Å²) in [6.45, 7) is 2.66. The van der Waals surface area contributed by atoms with Gasteiger partial charge in [0.2, 0.25) is 11.8 Å². The van der Waals surface area contributed by atoms with Crippen LogP contribution < -0.4 is 10.6 Å². The standard InChI is InChI=1S/C25H31ClN2O3S/c1-2-31-21-12-14-25(17-32,15-13-21)24(30)28-22(16-18-8-10-19(26)11-9-18)23(29)27-20-6-4-3-5-7-20/h3-11,21-22,32H,2,12-17H2,1H3,(H,27,29)(H,28,30)/t21?,22-,25?/m0/s1. The van der Waals surface area contributed by atoms with Crippen molar-refractivity contribution >= 4 is 41.7 Å². The van der Waals surface area contributed by atoms with E-state index in [9.17, 15) is 9.59 Å². The first-order valence-electron chi connectivity index (χ1n) is 11.1. The van der Waals surface area contributed by atoms with Gasteiger partial charge >= 0.3 is 0 Å². The highest BCUT2D eigenvalue weighted by Crippen LogP contribution is 2.39. The summed E-state index contributed by atoms with van der Waals surface area (Å²) in [5.74, 6) is 0.0625. The fourth-order valence-electron chi connectivity index (χ4n) is 4.13. The zero-order valence-electron chi connectivity index (χ0n) is 18.4. The van der Waals surface area contributed by atoms with Crippen LogP contribution in [0.2, 0.25) is 5.02 Å². The van der Waals surface area contributed by atoms with Gasteiger partial charge in [-0.2, -0.15) is 12.6 Å². The number of hydrogen-bond donors (Lipinski definition) is 3. The number of thiol groups is 1. The molecule has 1 atom stereocenters. The molecule has 1 fully saturated rings. The fraction of sp³-hybridized carbons (Fsp3) is 0.440. The number of benzene rings is 2. The summed E-state index contributed by atoms with van der Waals surface area (Å²) in [5.41, 5.74) is 1.01. The van der Waals surface area contributed by atoms with Gasteiger partial charge in [-0.1, -0.05) is 41.9 Å². The lowest BCUT2D eigenvalue weighted by Gasteiger charge is -2.38. The third-order valence-electron chi connectivity index (χ3n) is 6.09. The van der Waals surface area contributed by atoms with Crippen LogP contribution in [0.1, 0.15) is 38.2 Å². The highest BCUT2D eigenvalue weighted by atomic mass is 35.5. The van der Waals surface area contributed by atoms with Crippen LogP contribution in [-0.2, 0) is 20.7 Å². The number of halogens is 1. The van der Waals surface area contributed by atoms with Crippen LogP contribution in [-0.4, -0.2) is 36.3 Å². The second-order valence-electron chi connectivity index (χ2n) is 8.31. The average Bonchev–Trinajstić information content (AvgIpc) is 2.81. The third-order valence-corrected chi connectivity index (χ3v) is 6.95. The summed E-state index contributed by atoms with van der Waals surface area (Å²) in [4.78, 5) is 26.6. The summed E-state index contributed by atoms with van der Waals surface area (Å²) in [7, 11) is 0. The van der Waals surface area contributed by atoms with Gasteiger partial charge in [0.05, 0.1) is 11.5 Å². The van der Waals surface area contributed by atoms with Crippen molar-refractivity contribution in [2.45, 2.75) is 51.2 Å². The van der Waals surface area contributed by atoms with Gasteiger partial charge in [0.1, 0.15) is 6.04 Å². The molecule has 0 spiro atoms. The minimum Gasteiger partial charge on any atom is -0.379 e. The Labute approximate surface area is 200 Å². The van der Waals surface area contributed by atoms with Crippen molar-refractivity contribution in [3.63, 3.8) is 0 Å². The van der Waals surface area contributed by atoms with Crippen molar-refractivity contribution in [1.29, 1.82) is 0 Å². The fourth-order valence-corrected chi connectivity index (χ4v) is 4.72. The van der Waals surface area contributed by atoms with E-state index in [4.69, 9.17) is 16.3 Å². The van der Waals surface area contributed by atoms with Crippen molar-refractivity contribution < 1.29 is 14.3 Å². The Morgan fingerprint density at radius 3 is 2.38 bits per heavy atom. The molecule has 2 N–H and O–H groups in total. The largest absolute Gasteiger partial charge is 0.379 e. The first-order valence-corrected chi connectivity index (χ1v) is 12.1. The van der Waals surface area contributed by atoms with Crippen LogP contribution in [0.5, 0.6) is 0 Å². The predicted molar refractivity (Wildman–Crippen MR) is 132 cm³/mol. The number of carbonyl (C=O) groups excluding carboxylic acids is 2. The molecule has 32 heavy (non-hydrogen) atoms. The van der Waals surface area contributed by atoms with Crippen LogP contribution in [0.25, 0.3) is 0 Å². The maximum absolute atomic E-state index is 13.4. The lowest BCUT2D eigenvalue weighted by atomic mass is 9.73. The molecule has 0 aromatic heterocycles. The van der Waals surface area contributed by atoms with Gasteiger partial charge in [0.25, 0.3) is 0 Å². The lowest BCUT2D eigenvalue weighted by Crippen LogP contribution is -2.53. The molecule has 2 amide bonds. The van der Waals surface area contributed by atoms with E-state index >= 15 is 0 Å². The Kier molecular flexibility index (Phi) is 9.02. The van der Waals surface area contributed by atoms with Crippen LogP contribution in [0.4, 0.5) is 5.69 Å². The second kappa shape index (κ2) is 11.7. The minimum atomic E-state index is -0.717. The SMILES string of the molecule is CCOC1CCC(CS)(C(=O)N[C@@H](Cc2ccc(Cl)cc2)C(=O)Nc2ccccc2)CC1. The van der Waals surface area contributed by atoms with E-state index in [0.717, 1.165) is 18.4 Å². The van der Waals surface area contributed by atoms with Crippen molar-refractivity contribution in [1.82, 2.24) is 5.32 Å². The number of anilines is 1.